The number of rotatable bonds is 3. The van der Waals surface area contributed by atoms with Crippen LogP contribution < -0.4 is 5.32 Å². The number of aliphatic carboxylic acids is 1. The Balaban J connectivity index is 0.000000429. The first-order chi connectivity index (χ1) is 16.4. The Hall–Kier alpha value is -4.48. The van der Waals surface area contributed by atoms with Crippen molar-refractivity contribution in [3.8, 4) is 11.1 Å². The number of alkyl halides is 3. The molecule has 0 fully saturated rings. The minimum absolute atomic E-state index is 0.284. The number of carboxylic acid groups (broad SMARTS) is 1. The van der Waals surface area contributed by atoms with Crippen LogP contribution in [0, 0.1) is 12.7 Å². The molecule has 0 unspecified atom stereocenters. The van der Waals surface area contributed by atoms with Crippen LogP contribution in [0.25, 0.3) is 22.8 Å². The Bertz CT molecular complexity index is 1330. The molecule has 3 N–H and O–H groups in total. The van der Waals surface area contributed by atoms with E-state index < -0.39 is 23.9 Å². The number of aryl methyl sites for hydroxylation is 1. The third-order valence-corrected chi connectivity index (χ3v) is 4.90. The normalized spacial score (nSPS) is 13.5. The number of carbonyl (C=O) groups is 3. The van der Waals surface area contributed by atoms with Gasteiger partial charge in [0.2, 0.25) is 0 Å². The Morgan fingerprint density at radius 2 is 1.71 bits per heavy atom. The summed E-state index contributed by atoms with van der Waals surface area (Å²) >= 11 is 0. The average Bonchev–Trinajstić information content (AvgIpc) is 3.36. The lowest BCUT2D eigenvalue weighted by molar-refractivity contribution is -0.192. The Morgan fingerprint density at radius 3 is 2.23 bits per heavy atom. The molecule has 2 aromatic carbocycles. The maximum absolute atomic E-state index is 14.8. The highest BCUT2D eigenvalue weighted by molar-refractivity contribution is 6.36. The second-order valence-electron chi connectivity index (χ2n) is 7.14. The molecule has 4 rings (SSSR count). The van der Waals surface area contributed by atoms with Crippen molar-refractivity contribution in [3.63, 3.8) is 0 Å². The van der Waals surface area contributed by atoms with E-state index in [1.54, 1.807) is 30.3 Å². The van der Waals surface area contributed by atoms with Crippen LogP contribution in [0.1, 0.15) is 27.3 Å². The van der Waals surface area contributed by atoms with Crippen LogP contribution in [-0.4, -0.2) is 46.2 Å². The van der Waals surface area contributed by atoms with Crippen molar-refractivity contribution in [1.82, 2.24) is 9.97 Å². The molecular formula is C23H17F4N3O5. The first-order valence-corrected chi connectivity index (χ1v) is 9.78. The number of fused-ring (bicyclic) bond motifs is 1. The number of hydrogen-bond donors (Lipinski definition) is 3. The number of imidazole rings is 1. The summed E-state index contributed by atoms with van der Waals surface area (Å²) in [5, 5.41) is 9.89. The Morgan fingerprint density at radius 1 is 1.09 bits per heavy atom. The summed E-state index contributed by atoms with van der Waals surface area (Å²) in [5.41, 5.74) is 3.92. The monoisotopic (exact) mass is 491 g/mol. The topological polar surface area (TPSA) is 121 Å². The number of methoxy groups -OCH3 is 1. The molecule has 0 bridgehead atoms. The molecule has 0 saturated carbocycles. The van der Waals surface area contributed by atoms with Crippen LogP contribution in [-0.2, 0) is 14.3 Å². The molecule has 8 nitrogen and oxygen atoms in total. The highest BCUT2D eigenvalue weighted by atomic mass is 19.4. The van der Waals surface area contributed by atoms with Crippen LogP contribution in [0.4, 0.5) is 23.2 Å². The van der Waals surface area contributed by atoms with Crippen molar-refractivity contribution in [2.75, 3.05) is 12.4 Å². The van der Waals surface area contributed by atoms with Gasteiger partial charge in [-0.05, 0) is 42.8 Å². The van der Waals surface area contributed by atoms with Crippen molar-refractivity contribution in [3.05, 3.63) is 71.1 Å². The van der Waals surface area contributed by atoms with Crippen molar-refractivity contribution in [2.45, 2.75) is 13.1 Å². The summed E-state index contributed by atoms with van der Waals surface area (Å²) in [6, 6.07) is 9.23. The van der Waals surface area contributed by atoms with Gasteiger partial charge in [0.25, 0.3) is 5.91 Å². The smallest absolute Gasteiger partial charge is 0.475 e. The molecule has 0 aliphatic carbocycles. The maximum Gasteiger partial charge on any atom is 0.490 e. The fraction of sp³-hybridized carbons (Fsp3) is 0.130. The molecule has 1 aliphatic rings. The third kappa shape index (κ3) is 5.37. The molecule has 0 spiro atoms. The van der Waals surface area contributed by atoms with E-state index >= 15 is 0 Å². The zero-order valence-corrected chi connectivity index (χ0v) is 18.2. The number of nitrogens with zero attached hydrogens (tertiary/aromatic N) is 1. The molecule has 35 heavy (non-hydrogen) atoms. The van der Waals surface area contributed by atoms with E-state index in [2.05, 4.69) is 15.3 Å². The lowest BCUT2D eigenvalue weighted by Gasteiger charge is -2.11. The van der Waals surface area contributed by atoms with Crippen LogP contribution in [0.3, 0.4) is 0 Å². The highest BCUT2D eigenvalue weighted by Crippen LogP contribution is 2.42. The maximum atomic E-state index is 14.8. The largest absolute Gasteiger partial charge is 0.490 e. The van der Waals surface area contributed by atoms with Crippen molar-refractivity contribution < 1.29 is 41.8 Å². The Kier molecular flexibility index (Phi) is 7.04. The number of anilines is 1. The minimum Gasteiger partial charge on any atom is -0.475 e. The van der Waals surface area contributed by atoms with Gasteiger partial charge in [0.05, 0.1) is 30.3 Å². The highest BCUT2D eigenvalue weighted by Gasteiger charge is 2.38. The summed E-state index contributed by atoms with van der Waals surface area (Å²) in [4.78, 5) is 40.2. The molecule has 1 aliphatic heterocycles. The molecule has 0 radical (unpaired) electrons. The van der Waals surface area contributed by atoms with Crippen LogP contribution in [0.5, 0.6) is 0 Å². The van der Waals surface area contributed by atoms with Crippen LogP contribution in [0.2, 0.25) is 0 Å². The van der Waals surface area contributed by atoms with Gasteiger partial charge >= 0.3 is 18.1 Å². The predicted molar refractivity (Wildman–Crippen MR) is 117 cm³/mol. The van der Waals surface area contributed by atoms with Crippen molar-refractivity contribution >= 4 is 35.2 Å². The summed E-state index contributed by atoms with van der Waals surface area (Å²) in [5.74, 6) is -4.02. The quantitative estimate of drug-likeness (QED) is 0.283. The lowest BCUT2D eigenvalue weighted by atomic mass is 9.93. The number of carbonyl (C=O) groups excluding carboxylic acids is 2. The molecule has 12 heteroatoms. The third-order valence-electron chi connectivity index (χ3n) is 4.90. The summed E-state index contributed by atoms with van der Waals surface area (Å²) in [6.07, 6.45) is -1.91. The molecule has 1 aromatic heterocycles. The number of benzene rings is 2. The fourth-order valence-corrected chi connectivity index (χ4v) is 3.23. The summed E-state index contributed by atoms with van der Waals surface area (Å²) in [7, 11) is 1.30. The van der Waals surface area contributed by atoms with E-state index in [0.29, 0.717) is 33.6 Å². The number of amides is 1. The van der Waals surface area contributed by atoms with E-state index in [9.17, 15) is 27.2 Å². The number of aromatic nitrogens is 2. The molecule has 3 aromatic rings. The number of hydrogen-bond acceptors (Lipinski definition) is 5. The number of halogens is 4. The van der Waals surface area contributed by atoms with Gasteiger partial charge in [-0.2, -0.15) is 13.2 Å². The standard InChI is InChI=1S/C21H16FN3O3.C2HF3O2/c1-11-17(24-10-23-11)9-14-19-16(25-20(14)26)8-7-15(22)18(19)12-3-5-13(6-4-12)21(27)28-2;3-2(4,5)1(6)7/h3-10H,1-2H3,(H,23,24)(H,25,26);(H,6,7). The molecule has 0 saturated heterocycles. The van der Waals surface area contributed by atoms with Crippen molar-refractivity contribution in [2.24, 2.45) is 0 Å². The van der Waals surface area contributed by atoms with E-state index in [1.807, 2.05) is 6.92 Å². The van der Waals surface area contributed by atoms with Gasteiger partial charge in [-0.15, -0.1) is 0 Å². The molecule has 2 heterocycles. The lowest BCUT2D eigenvalue weighted by Crippen LogP contribution is -2.21. The Labute approximate surface area is 195 Å². The van der Waals surface area contributed by atoms with E-state index in [-0.39, 0.29) is 11.5 Å². The number of ether oxygens (including phenoxy) is 1. The summed E-state index contributed by atoms with van der Waals surface area (Å²) in [6.45, 7) is 1.84. The van der Waals surface area contributed by atoms with E-state index in [0.717, 1.165) is 5.69 Å². The van der Waals surface area contributed by atoms with E-state index in [4.69, 9.17) is 14.6 Å². The molecule has 0 atom stereocenters. The van der Waals surface area contributed by atoms with Gasteiger partial charge in [0, 0.05) is 22.5 Å². The fourth-order valence-electron chi connectivity index (χ4n) is 3.23. The van der Waals surface area contributed by atoms with E-state index in [1.165, 1.54) is 25.6 Å². The second-order valence-corrected chi connectivity index (χ2v) is 7.14. The van der Waals surface area contributed by atoms with Crippen LogP contribution >= 0.6 is 0 Å². The van der Waals surface area contributed by atoms with Gasteiger partial charge in [0.1, 0.15) is 5.82 Å². The number of nitrogens with one attached hydrogen (secondary N) is 2. The molecular weight excluding hydrogens is 474 g/mol. The molecule has 182 valence electrons. The number of carboxylic acids is 1. The SMILES string of the molecule is COC(=O)c1ccc(-c2c(F)ccc3c2C(=Cc2nc[nH]c2C)C(=O)N3)cc1.O=C(O)C(F)(F)F. The predicted octanol–water partition coefficient (Wildman–Crippen LogP) is 4.44. The van der Waals surface area contributed by atoms with Gasteiger partial charge in [-0.25, -0.2) is 19.0 Å². The number of esters is 1. The van der Waals surface area contributed by atoms with Gasteiger partial charge in [0.15, 0.2) is 0 Å². The van der Waals surface area contributed by atoms with Crippen molar-refractivity contribution in [1.29, 1.82) is 0 Å². The zero-order chi connectivity index (χ0) is 25.9. The number of aromatic amines is 1. The van der Waals surface area contributed by atoms with Crippen LogP contribution in [0.15, 0.2) is 42.7 Å². The first-order valence-electron chi connectivity index (χ1n) is 9.78. The minimum atomic E-state index is -5.08. The van der Waals surface area contributed by atoms with Gasteiger partial charge in [-0.3, -0.25) is 4.79 Å². The number of H-pyrrole nitrogens is 1. The van der Waals surface area contributed by atoms with Gasteiger partial charge < -0.3 is 20.1 Å². The second kappa shape index (κ2) is 9.79. The first kappa shape index (κ1) is 25.1. The zero-order valence-electron chi connectivity index (χ0n) is 18.2. The average molecular weight is 491 g/mol. The van der Waals surface area contributed by atoms with Gasteiger partial charge in [-0.1, -0.05) is 12.1 Å². The molecule has 1 amide bonds. The summed E-state index contributed by atoms with van der Waals surface area (Å²) < 4.78 is 51.3.